The monoisotopic (exact) mass is 297 g/mol. The highest BCUT2D eigenvalue weighted by atomic mass is 17.2. The van der Waals surface area contributed by atoms with Gasteiger partial charge < -0.3 is 10.1 Å². The Balaban J connectivity index is 2.56. The van der Waals surface area contributed by atoms with Gasteiger partial charge in [0.15, 0.2) is 5.41 Å². The first kappa shape index (κ1) is 14.9. The van der Waals surface area contributed by atoms with E-state index in [0.717, 1.165) is 7.11 Å². The van der Waals surface area contributed by atoms with E-state index in [2.05, 4.69) is 14.9 Å². The number of methoxy groups -OCH3 is 1. The van der Waals surface area contributed by atoms with Gasteiger partial charge in [0.2, 0.25) is 5.91 Å². The molecule has 1 heterocycles. The number of hydrogen-bond donors (Lipinski definition) is 2. The number of carbonyl (C=O) groups excluding carboxylic acids is 2. The molecule has 1 aromatic rings. The number of nitrogens with zero attached hydrogens (tertiary/aromatic N) is 1. The summed E-state index contributed by atoms with van der Waals surface area (Å²) in [5.74, 6) is -1.50. The van der Waals surface area contributed by atoms with Gasteiger partial charge in [-0.15, -0.1) is 0 Å². The first-order valence-corrected chi connectivity index (χ1v) is 5.83. The van der Waals surface area contributed by atoms with Gasteiger partial charge in [-0.05, 0) is 6.07 Å². The second-order valence-corrected chi connectivity index (χ2v) is 4.28. The zero-order valence-corrected chi connectivity index (χ0v) is 11.3. The third kappa shape index (κ3) is 2.22. The molecule has 9 nitrogen and oxygen atoms in total. The van der Waals surface area contributed by atoms with Crippen LogP contribution >= 0.6 is 0 Å². The maximum absolute atomic E-state index is 12.2. The zero-order chi connectivity index (χ0) is 15.6. The number of benzene rings is 1. The molecule has 112 valence electrons. The van der Waals surface area contributed by atoms with Crippen LogP contribution in [0.3, 0.4) is 0 Å². The van der Waals surface area contributed by atoms with Crippen LogP contribution in [0.5, 0.6) is 0 Å². The minimum Gasteiger partial charge on any atom is -0.468 e. The number of rotatable bonds is 5. The fraction of sp³-hybridized carbons (Fsp3) is 0.333. The van der Waals surface area contributed by atoms with Crippen LogP contribution in [0.25, 0.3) is 0 Å². The summed E-state index contributed by atoms with van der Waals surface area (Å²) >= 11 is 0. The lowest BCUT2D eigenvalue weighted by Gasteiger charge is -2.22. The summed E-state index contributed by atoms with van der Waals surface area (Å²) in [4.78, 5) is 44.1. The number of carbonyl (C=O) groups is 2. The second-order valence-electron chi connectivity index (χ2n) is 4.28. The Hall–Kier alpha value is -2.52. The van der Waals surface area contributed by atoms with E-state index in [0.29, 0.717) is 0 Å². The number of esters is 1. The van der Waals surface area contributed by atoms with Crippen molar-refractivity contribution in [1.82, 2.24) is 0 Å². The van der Waals surface area contributed by atoms with Gasteiger partial charge in [-0.3, -0.25) is 9.59 Å². The molecule has 21 heavy (non-hydrogen) atoms. The third-order valence-corrected chi connectivity index (χ3v) is 3.25. The fourth-order valence-corrected chi connectivity index (χ4v) is 2.20. The molecule has 0 aliphatic carbocycles. The highest BCUT2D eigenvalue weighted by molar-refractivity contribution is 6.19. The average molecular weight is 297 g/mol. The average Bonchev–Trinajstić information content (AvgIpc) is 2.76. The molecule has 1 unspecified atom stereocenters. The van der Waals surface area contributed by atoms with E-state index in [9.17, 15) is 14.5 Å². The van der Waals surface area contributed by atoms with Crippen LogP contribution in [0.15, 0.2) is 18.2 Å². The zero-order valence-electron chi connectivity index (χ0n) is 11.3. The smallest absolute Gasteiger partial charge is 0.328 e. The Morgan fingerprint density at radius 1 is 1.43 bits per heavy atom. The van der Waals surface area contributed by atoms with Gasteiger partial charge in [-0.2, -0.15) is 0 Å². The predicted molar refractivity (Wildman–Crippen MR) is 66.8 cm³/mol. The van der Waals surface area contributed by atoms with E-state index in [1.807, 2.05) is 0 Å². The number of nitrogens with one attached hydrogen (secondary N) is 1. The van der Waals surface area contributed by atoms with E-state index >= 15 is 0 Å². The minimum absolute atomic E-state index is 0.0950. The Labute approximate surface area is 118 Å². The maximum atomic E-state index is 12.2. The van der Waals surface area contributed by atoms with E-state index < -0.39 is 23.9 Å². The van der Waals surface area contributed by atoms with Gasteiger partial charge in [0.05, 0.1) is 24.8 Å². The fourth-order valence-electron chi connectivity index (χ4n) is 2.20. The molecule has 1 aliphatic rings. The first-order valence-electron chi connectivity index (χ1n) is 5.83. The molecule has 1 atom stereocenters. The van der Waals surface area contributed by atoms with Crippen LogP contribution in [0.4, 0.5) is 11.4 Å². The molecule has 9 heteroatoms. The quantitative estimate of drug-likeness (QED) is 0.350. The highest BCUT2D eigenvalue weighted by Gasteiger charge is 2.55. The lowest BCUT2D eigenvalue weighted by molar-refractivity contribution is -0.729. The summed E-state index contributed by atoms with van der Waals surface area (Å²) in [5.41, 5.74) is -1.36. The molecular formula is C12H13N2O7+. The summed E-state index contributed by atoms with van der Waals surface area (Å²) in [6.45, 7) is -0.394. The van der Waals surface area contributed by atoms with Crippen LogP contribution in [-0.2, 0) is 29.5 Å². The van der Waals surface area contributed by atoms with Crippen molar-refractivity contribution in [3.8, 4) is 0 Å². The third-order valence-electron chi connectivity index (χ3n) is 3.25. The molecule has 1 aromatic carbocycles. The second kappa shape index (κ2) is 5.46. The van der Waals surface area contributed by atoms with Crippen molar-refractivity contribution in [2.75, 3.05) is 26.1 Å². The topological polar surface area (TPSA) is 114 Å². The van der Waals surface area contributed by atoms with E-state index in [-0.39, 0.29) is 21.9 Å². The predicted octanol–water partition coefficient (Wildman–Crippen LogP) is 0.427. The van der Waals surface area contributed by atoms with Crippen LogP contribution in [0, 0.1) is 4.91 Å². The maximum Gasteiger partial charge on any atom is 0.328 e. The minimum atomic E-state index is -1.73. The van der Waals surface area contributed by atoms with Crippen molar-refractivity contribution < 1.29 is 34.2 Å². The summed E-state index contributed by atoms with van der Waals surface area (Å²) < 4.78 is 4.68. The van der Waals surface area contributed by atoms with Crippen LogP contribution in [0.1, 0.15) is 5.56 Å². The number of amides is 1. The van der Waals surface area contributed by atoms with Crippen LogP contribution in [0.2, 0.25) is 0 Å². The van der Waals surface area contributed by atoms with E-state index in [1.165, 1.54) is 25.3 Å². The molecule has 0 radical (unpaired) electrons. The van der Waals surface area contributed by atoms with Gasteiger partial charge in [-0.1, -0.05) is 0 Å². The van der Waals surface area contributed by atoms with Crippen molar-refractivity contribution in [2.45, 2.75) is 5.41 Å². The Morgan fingerprint density at radius 2 is 2.14 bits per heavy atom. The largest absolute Gasteiger partial charge is 0.468 e. The molecule has 0 spiro atoms. The molecule has 0 aromatic heterocycles. The van der Waals surface area contributed by atoms with Crippen molar-refractivity contribution in [3.05, 3.63) is 28.7 Å². The van der Waals surface area contributed by atoms with Gasteiger partial charge in [0, 0.05) is 17.7 Å². The molecule has 0 bridgehead atoms. The van der Waals surface area contributed by atoms with Crippen LogP contribution < -0.4 is 5.32 Å². The van der Waals surface area contributed by atoms with Gasteiger partial charge in [0.25, 0.3) is 4.92 Å². The molecule has 1 aliphatic heterocycles. The molecule has 0 fully saturated rings. The normalized spacial score (nSPS) is 19.8. The summed E-state index contributed by atoms with van der Waals surface area (Å²) in [6.07, 6.45) is 0. The van der Waals surface area contributed by atoms with Crippen molar-refractivity contribution in [2.24, 2.45) is 0 Å². The van der Waals surface area contributed by atoms with Gasteiger partial charge in [-0.25, -0.2) is 15.0 Å². The molecule has 0 saturated heterocycles. The molecular weight excluding hydrogens is 284 g/mol. The Bertz CT molecular complexity index is 616. The molecule has 2 N–H and O–H groups in total. The summed E-state index contributed by atoms with van der Waals surface area (Å²) in [7, 11) is 2.38. The van der Waals surface area contributed by atoms with Crippen molar-refractivity contribution in [1.29, 1.82) is 0 Å². The molecule has 2 rings (SSSR count). The number of hydrogen-bond acceptors (Lipinski definition) is 6. The number of anilines is 1. The summed E-state index contributed by atoms with van der Waals surface area (Å²) in [6, 6.07) is 3.86. The SMILES string of the molecule is COOCC1(C(=O)OC)C(=O)Nc2cc([N+](=O)O)ccc21. The van der Waals surface area contributed by atoms with Crippen molar-refractivity contribution in [3.63, 3.8) is 0 Å². The Kier molecular flexibility index (Phi) is 3.87. The van der Waals surface area contributed by atoms with Crippen molar-refractivity contribution >= 4 is 23.3 Å². The lowest BCUT2D eigenvalue weighted by Crippen LogP contribution is -2.47. The standard InChI is InChI=1S/C12H12N2O7/c1-19-11(16)12(6-21-20-2)8-4-3-7(14(17)18)5-9(8)13-10(12)15/h3-5H,6H2,1-2H3,(H-,13,15,17,18)/p+1. The number of ether oxygens (including phenoxy) is 1. The lowest BCUT2D eigenvalue weighted by atomic mass is 9.82. The molecule has 1 amide bonds. The van der Waals surface area contributed by atoms with Crippen LogP contribution in [-0.4, -0.2) is 42.8 Å². The first-order chi connectivity index (χ1) is 9.97. The summed E-state index contributed by atoms with van der Waals surface area (Å²) in [5, 5.41) is 11.3. The van der Waals surface area contributed by atoms with Gasteiger partial charge >= 0.3 is 11.7 Å². The van der Waals surface area contributed by atoms with Gasteiger partial charge in [0.1, 0.15) is 6.61 Å². The van der Waals surface area contributed by atoms with E-state index in [1.54, 1.807) is 0 Å². The van der Waals surface area contributed by atoms with E-state index in [4.69, 9.17) is 10.1 Å². The number of fused-ring (bicyclic) bond motifs is 1. The Morgan fingerprint density at radius 3 is 2.71 bits per heavy atom. The molecule has 0 saturated carbocycles. The highest BCUT2D eigenvalue weighted by Crippen LogP contribution is 2.40.